The van der Waals surface area contributed by atoms with Gasteiger partial charge in [0.2, 0.25) is 0 Å². The Morgan fingerprint density at radius 1 is 1.20 bits per heavy atom. The van der Waals surface area contributed by atoms with Crippen LogP contribution >= 0.6 is 11.3 Å². The Hall–Kier alpha value is -3.33. The molecule has 0 unspecified atom stereocenters. The fourth-order valence-corrected chi connectivity index (χ4v) is 3.03. The summed E-state index contributed by atoms with van der Waals surface area (Å²) >= 11 is 1.43. The molecule has 0 aliphatic carbocycles. The largest absolute Gasteiger partial charge is 0.323 e. The van der Waals surface area contributed by atoms with Gasteiger partial charge in [0.1, 0.15) is 16.5 Å². The maximum atomic E-state index is 13.8. The molecule has 0 saturated heterocycles. The molecule has 0 atom stereocenters. The first kappa shape index (κ1) is 15.2. The third-order valence-electron chi connectivity index (χ3n) is 3.50. The summed E-state index contributed by atoms with van der Waals surface area (Å²) in [5, 5.41) is 15.7. The average molecular weight is 354 g/mol. The molecule has 124 valence electrons. The van der Waals surface area contributed by atoms with Crippen LogP contribution < -0.4 is 10.6 Å². The van der Waals surface area contributed by atoms with Gasteiger partial charge in [0.25, 0.3) is 0 Å². The van der Waals surface area contributed by atoms with Crippen molar-refractivity contribution in [3.63, 3.8) is 0 Å². The number of anilines is 2. The molecule has 9 heteroatoms. The second-order valence-electron chi connectivity index (χ2n) is 5.13. The Morgan fingerprint density at radius 2 is 2.12 bits per heavy atom. The first-order valence-corrected chi connectivity index (χ1v) is 8.13. The highest BCUT2D eigenvalue weighted by atomic mass is 32.1. The van der Waals surface area contributed by atoms with Gasteiger partial charge in [-0.1, -0.05) is 6.07 Å². The summed E-state index contributed by atoms with van der Waals surface area (Å²) in [5.74, 6) is -0.442. The van der Waals surface area contributed by atoms with Gasteiger partial charge >= 0.3 is 6.03 Å². The molecule has 3 aromatic heterocycles. The number of urea groups is 1. The first-order valence-electron chi connectivity index (χ1n) is 7.25. The second kappa shape index (κ2) is 6.29. The van der Waals surface area contributed by atoms with Gasteiger partial charge in [-0.3, -0.25) is 10.1 Å². The number of nitrogens with one attached hydrogen (secondary N) is 3. The van der Waals surface area contributed by atoms with Crippen LogP contribution in [0.2, 0.25) is 0 Å². The summed E-state index contributed by atoms with van der Waals surface area (Å²) in [7, 11) is 0. The van der Waals surface area contributed by atoms with Crippen molar-refractivity contribution >= 4 is 39.5 Å². The smallest absolute Gasteiger partial charge is 0.308 e. The number of hydrogen-bond donors (Lipinski definition) is 3. The van der Waals surface area contributed by atoms with Crippen LogP contribution in [0.1, 0.15) is 0 Å². The fourth-order valence-electron chi connectivity index (χ4n) is 2.38. The number of benzene rings is 1. The normalized spacial score (nSPS) is 10.8. The maximum absolute atomic E-state index is 13.8. The molecule has 0 radical (unpaired) electrons. The van der Waals surface area contributed by atoms with Crippen molar-refractivity contribution in [2.45, 2.75) is 0 Å². The van der Waals surface area contributed by atoms with E-state index < -0.39 is 11.8 Å². The Balaban J connectivity index is 1.54. The number of nitrogens with zero attached hydrogens (tertiary/aromatic N) is 3. The number of amides is 2. The Bertz CT molecular complexity index is 1050. The zero-order valence-electron chi connectivity index (χ0n) is 12.7. The zero-order chi connectivity index (χ0) is 17.2. The molecule has 0 saturated carbocycles. The average Bonchev–Trinajstić information content (AvgIpc) is 3.26. The molecule has 2 amide bonds. The number of aromatic nitrogens is 4. The lowest BCUT2D eigenvalue weighted by molar-refractivity contribution is 0.262. The molecular formula is C16H11FN6OS. The molecule has 1 aromatic carbocycles. The van der Waals surface area contributed by atoms with Crippen molar-refractivity contribution in [1.82, 2.24) is 20.2 Å². The van der Waals surface area contributed by atoms with Crippen LogP contribution in [0.5, 0.6) is 0 Å². The van der Waals surface area contributed by atoms with Gasteiger partial charge in [0, 0.05) is 34.2 Å². The lowest BCUT2D eigenvalue weighted by Crippen LogP contribution is -2.19. The van der Waals surface area contributed by atoms with Crippen molar-refractivity contribution in [1.29, 1.82) is 0 Å². The number of thiazole rings is 1. The van der Waals surface area contributed by atoms with E-state index in [9.17, 15) is 9.18 Å². The number of fused-ring (bicyclic) bond motifs is 1. The number of carbonyl (C=O) groups is 1. The quantitative estimate of drug-likeness (QED) is 0.520. The van der Waals surface area contributed by atoms with Gasteiger partial charge in [-0.15, -0.1) is 11.3 Å². The SMILES string of the molecule is O=C(Nc1ccc2cncc(F)c2c1)Nc1cn[nH]c1-c1nccs1. The lowest BCUT2D eigenvalue weighted by Gasteiger charge is -2.08. The minimum Gasteiger partial charge on any atom is -0.308 e. The van der Waals surface area contributed by atoms with E-state index in [-0.39, 0.29) is 0 Å². The number of H-pyrrole nitrogens is 1. The van der Waals surface area contributed by atoms with E-state index in [1.807, 2.05) is 5.38 Å². The number of hydrogen-bond acceptors (Lipinski definition) is 5. The molecule has 4 aromatic rings. The van der Waals surface area contributed by atoms with Crippen molar-refractivity contribution in [2.75, 3.05) is 10.6 Å². The molecule has 4 rings (SSSR count). The van der Waals surface area contributed by atoms with Gasteiger partial charge in [-0.25, -0.2) is 14.2 Å². The predicted octanol–water partition coefficient (Wildman–Crippen LogP) is 3.86. The van der Waals surface area contributed by atoms with E-state index in [4.69, 9.17) is 0 Å². The van der Waals surface area contributed by atoms with Crippen LogP contribution in [-0.4, -0.2) is 26.2 Å². The highest BCUT2D eigenvalue weighted by molar-refractivity contribution is 7.13. The maximum Gasteiger partial charge on any atom is 0.323 e. The summed E-state index contributed by atoms with van der Waals surface area (Å²) in [6.07, 6.45) is 5.87. The number of carbonyl (C=O) groups excluding carboxylic acids is 1. The number of rotatable bonds is 3. The molecule has 0 aliphatic rings. The molecule has 3 N–H and O–H groups in total. The lowest BCUT2D eigenvalue weighted by atomic mass is 10.1. The van der Waals surface area contributed by atoms with Gasteiger partial charge in [0.15, 0.2) is 0 Å². The van der Waals surface area contributed by atoms with Crippen LogP contribution in [0.3, 0.4) is 0 Å². The Labute approximate surface area is 144 Å². The van der Waals surface area contributed by atoms with Crippen LogP contribution in [0.15, 0.2) is 48.4 Å². The van der Waals surface area contributed by atoms with Crippen LogP contribution in [0.4, 0.5) is 20.6 Å². The van der Waals surface area contributed by atoms with Crippen molar-refractivity contribution in [2.24, 2.45) is 0 Å². The topological polar surface area (TPSA) is 95.6 Å². The van der Waals surface area contributed by atoms with Crippen molar-refractivity contribution < 1.29 is 9.18 Å². The molecular weight excluding hydrogens is 343 g/mol. The number of aromatic amines is 1. The van der Waals surface area contributed by atoms with E-state index in [0.717, 1.165) is 6.20 Å². The van der Waals surface area contributed by atoms with E-state index in [1.54, 1.807) is 30.6 Å². The van der Waals surface area contributed by atoms with Crippen LogP contribution in [0, 0.1) is 5.82 Å². The minimum absolute atomic E-state index is 0.389. The molecule has 0 aliphatic heterocycles. The number of pyridine rings is 1. The summed E-state index contributed by atoms with van der Waals surface area (Å²) in [6, 6.07) is 4.47. The third-order valence-corrected chi connectivity index (χ3v) is 4.29. The van der Waals surface area contributed by atoms with Gasteiger partial charge in [0.05, 0.1) is 18.1 Å². The zero-order valence-corrected chi connectivity index (χ0v) is 13.5. The van der Waals surface area contributed by atoms with E-state index >= 15 is 0 Å². The summed E-state index contributed by atoms with van der Waals surface area (Å²) in [4.78, 5) is 20.2. The summed E-state index contributed by atoms with van der Waals surface area (Å²) < 4.78 is 13.8. The third kappa shape index (κ3) is 3.04. The fraction of sp³-hybridized carbons (Fsp3) is 0. The second-order valence-corrected chi connectivity index (χ2v) is 6.03. The molecule has 0 fully saturated rings. The molecule has 25 heavy (non-hydrogen) atoms. The highest BCUT2D eigenvalue weighted by Gasteiger charge is 2.13. The molecule has 0 bridgehead atoms. The first-order chi connectivity index (χ1) is 12.2. The monoisotopic (exact) mass is 354 g/mol. The van der Waals surface area contributed by atoms with E-state index in [0.29, 0.717) is 32.8 Å². The summed E-state index contributed by atoms with van der Waals surface area (Å²) in [6.45, 7) is 0. The Kier molecular flexibility index (Phi) is 3.82. The van der Waals surface area contributed by atoms with Gasteiger partial charge < -0.3 is 10.6 Å². The summed E-state index contributed by atoms with van der Waals surface area (Å²) in [5.41, 5.74) is 1.60. The van der Waals surface area contributed by atoms with Crippen molar-refractivity contribution in [3.8, 4) is 10.7 Å². The molecule has 0 spiro atoms. The van der Waals surface area contributed by atoms with E-state index in [1.165, 1.54) is 17.5 Å². The highest BCUT2D eigenvalue weighted by Crippen LogP contribution is 2.27. The standard InChI is InChI=1S/C16H11FN6OS/c17-12-7-18-6-9-1-2-10(5-11(9)12)21-16(24)22-13-8-20-23-14(13)15-19-3-4-25-15/h1-8H,(H,20,23)(H2,21,22,24). The number of halogens is 1. The van der Waals surface area contributed by atoms with Gasteiger partial charge in [-0.05, 0) is 12.1 Å². The van der Waals surface area contributed by atoms with Crippen LogP contribution in [-0.2, 0) is 0 Å². The van der Waals surface area contributed by atoms with Crippen LogP contribution in [0.25, 0.3) is 21.5 Å². The van der Waals surface area contributed by atoms with Gasteiger partial charge in [-0.2, -0.15) is 5.10 Å². The van der Waals surface area contributed by atoms with Crippen molar-refractivity contribution in [3.05, 3.63) is 54.2 Å². The molecule has 7 nitrogen and oxygen atoms in total. The Morgan fingerprint density at radius 3 is 2.96 bits per heavy atom. The van der Waals surface area contributed by atoms with E-state index in [2.05, 4.69) is 30.8 Å². The predicted molar refractivity (Wildman–Crippen MR) is 94.0 cm³/mol. The molecule has 3 heterocycles. The minimum atomic E-state index is -0.465.